The van der Waals surface area contributed by atoms with Crippen molar-refractivity contribution in [1.82, 2.24) is 10.2 Å². The van der Waals surface area contributed by atoms with Crippen molar-refractivity contribution in [2.75, 3.05) is 13.7 Å². The quantitative estimate of drug-likeness (QED) is 0.254. The molecule has 38 heavy (non-hydrogen) atoms. The molecular weight excluding hydrogens is 500 g/mol. The average Bonchev–Trinajstić information content (AvgIpc) is 2.94. The minimum Gasteiger partial charge on any atom is -0.497 e. The van der Waals surface area contributed by atoms with E-state index >= 15 is 0 Å². The molecule has 7 heteroatoms. The maximum absolute atomic E-state index is 13.7. The molecule has 0 fully saturated rings. The normalized spacial score (nSPS) is 12.3. The Bertz CT molecular complexity index is 1150. The first-order valence-corrected chi connectivity index (χ1v) is 13.4. The molecule has 1 N–H and O–H groups in total. The van der Waals surface area contributed by atoms with Crippen molar-refractivity contribution >= 4 is 23.4 Å². The van der Waals surface area contributed by atoms with E-state index in [-0.39, 0.29) is 30.8 Å². The third-order valence-electron chi connectivity index (χ3n) is 6.43. The van der Waals surface area contributed by atoms with Gasteiger partial charge in [0.05, 0.1) is 13.7 Å². The Balaban J connectivity index is 1.78. The molecule has 0 aliphatic heterocycles. The predicted molar refractivity (Wildman–Crippen MR) is 152 cm³/mol. The van der Waals surface area contributed by atoms with Gasteiger partial charge in [-0.15, -0.1) is 0 Å². The summed E-state index contributed by atoms with van der Waals surface area (Å²) in [6, 6.07) is 23.8. The number of halogens is 1. The zero-order valence-corrected chi connectivity index (χ0v) is 23.1. The van der Waals surface area contributed by atoms with Crippen LogP contribution in [0, 0.1) is 0 Å². The van der Waals surface area contributed by atoms with Crippen LogP contribution in [-0.2, 0) is 22.6 Å². The topological polar surface area (TPSA) is 67.9 Å². The molecule has 3 aromatic rings. The average molecular weight is 537 g/mol. The summed E-state index contributed by atoms with van der Waals surface area (Å²) in [6.45, 7) is 4.60. The van der Waals surface area contributed by atoms with Crippen molar-refractivity contribution in [3.63, 3.8) is 0 Å². The number of nitrogens with one attached hydrogen (secondary N) is 1. The first-order chi connectivity index (χ1) is 18.4. The Kier molecular flexibility index (Phi) is 11.5. The molecule has 0 saturated heterocycles. The molecule has 0 spiro atoms. The SMILES string of the molecule is CC[C@H](C)NC(=O)[C@@H](Cc1ccccc1)N(Cc1ccccc1Cl)C(=O)CCCOc1ccc(OC)cc1. The third kappa shape index (κ3) is 8.80. The molecule has 0 unspecified atom stereocenters. The predicted octanol–water partition coefficient (Wildman–Crippen LogP) is 6.06. The highest BCUT2D eigenvalue weighted by molar-refractivity contribution is 6.31. The van der Waals surface area contributed by atoms with Crippen LogP contribution >= 0.6 is 11.6 Å². The van der Waals surface area contributed by atoms with Crippen LogP contribution in [0.5, 0.6) is 11.5 Å². The monoisotopic (exact) mass is 536 g/mol. The minimum absolute atomic E-state index is 0.00376. The van der Waals surface area contributed by atoms with E-state index in [9.17, 15) is 9.59 Å². The van der Waals surface area contributed by atoms with E-state index in [1.807, 2.05) is 86.6 Å². The van der Waals surface area contributed by atoms with E-state index in [0.29, 0.717) is 30.2 Å². The van der Waals surface area contributed by atoms with Crippen molar-refractivity contribution in [3.8, 4) is 11.5 Å². The number of carbonyl (C=O) groups is 2. The molecule has 0 bridgehead atoms. The van der Waals surface area contributed by atoms with Gasteiger partial charge in [0.2, 0.25) is 11.8 Å². The molecule has 6 nitrogen and oxygen atoms in total. The van der Waals surface area contributed by atoms with Crippen molar-refractivity contribution in [2.45, 2.75) is 58.2 Å². The second-order valence-electron chi connectivity index (χ2n) is 9.26. The molecule has 0 aliphatic carbocycles. The molecule has 0 aromatic heterocycles. The van der Waals surface area contributed by atoms with Crippen molar-refractivity contribution in [3.05, 3.63) is 95.0 Å². The van der Waals surface area contributed by atoms with Crippen LogP contribution in [0.1, 0.15) is 44.2 Å². The zero-order valence-electron chi connectivity index (χ0n) is 22.4. The van der Waals surface area contributed by atoms with Gasteiger partial charge in [0.1, 0.15) is 17.5 Å². The lowest BCUT2D eigenvalue weighted by atomic mass is 10.0. The molecule has 2 amide bonds. The maximum atomic E-state index is 13.7. The van der Waals surface area contributed by atoms with Gasteiger partial charge < -0.3 is 19.7 Å². The van der Waals surface area contributed by atoms with Crippen LogP contribution in [0.2, 0.25) is 5.02 Å². The highest BCUT2D eigenvalue weighted by Crippen LogP contribution is 2.22. The Hall–Kier alpha value is -3.51. The van der Waals surface area contributed by atoms with E-state index in [1.165, 1.54) is 0 Å². The van der Waals surface area contributed by atoms with E-state index < -0.39 is 6.04 Å². The molecule has 2 atom stereocenters. The van der Waals surface area contributed by atoms with Gasteiger partial charge in [0.15, 0.2) is 0 Å². The third-order valence-corrected chi connectivity index (χ3v) is 6.80. The summed E-state index contributed by atoms with van der Waals surface area (Å²) in [5, 5.41) is 3.65. The number of amides is 2. The van der Waals surface area contributed by atoms with Crippen LogP contribution in [0.4, 0.5) is 0 Å². The molecule has 0 radical (unpaired) electrons. The number of rotatable bonds is 14. The number of carbonyl (C=O) groups excluding carboxylic acids is 2. The highest BCUT2D eigenvalue weighted by atomic mass is 35.5. The van der Waals surface area contributed by atoms with Crippen LogP contribution in [0.25, 0.3) is 0 Å². The van der Waals surface area contributed by atoms with E-state index in [0.717, 1.165) is 23.3 Å². The van der Waals surface area contributed by atoms with Crippen LogP contribution in [-0.4, -0.2) is 42.5 Å². The molecule has 0 saturated carbocycles. The number of hydrogen-bond acceptors (Lipinski definition) is 4. The Labute approximate surface area is 230 Å². The van der Waals surface area contributed by atoms with Crippen LogP contribution in [0.15, 0.2) is 78.9 Å². The standard InChI is InChI=1S/C31H37ClN2O4/c1-4-23(2)33-31(36)29(21-24-11-6-5-7-12-24)34(22-25-13-8-9-14-28(25)32)30(35)15-10-20-38-27-18-16-26(37-3)17-19-27/h5-9,11-14,16-19,23,29H,4,10,15,20-22H2,1-3H3,(H,33,36)/t23-,29+/m0/s1. The second-order valence-corrected chi connectivity index (χ2v) is 9.67. The van der Waals surface area contributed by atoms with E-state index in [4.69, 9.17) is 21.1 Å². The van der Waals surface area contributed by atoms with Crippen molar-refractivity contribution in [1.29, 1.82) is 0 Å². The lowest BCUT2D eigenvalue weighted by Gasteiger charge is -2.32. The lowest BCUT2D eigenvalue weighted by molar-refractivity contribution is -0.141. The summed E-state index contributed by atoms with van der Waals surface area (Å²) >= 11 is 6.47. The van der Waals surface area contributed by atoms with Gasteiger partial charge >= 0.3 is 0 Å². The first kappa shape index (κ1) is 29.1. The lowest BCUT2D eigenvalue weighted by Crippen LogP contribution is -2.52. The number of nitrogens with zero attached hydrogens (tertiary/aromatic N) is 1. The largest absolute Gasteiger partial charge is 0.497 e. The molecule has 3 rings (SSSR count). The van der Waals surface area contributed by atoms with Gasteiger partial charge in [-0.3, -0.25) is 9.59 Å². The van der Waals surface area contributed by atoms with Crippen molar-refractivity contribution < 1.29 is 19.1 Å². The minimum atomic E-state index is -0.683. The number of hydrogen-bond donors (Lipinski definition) is 1. The second kappa shape index (κ2) is 15.0. The summed E-state index contributed by atoms with van der Waals surface area (Å²) in [7, 11) is 1.62. The molecule has 3 aromatic carbocycles. The molecular formula is C31H37ClN2O4. The number of ether oxygens (including phenoxy) is 2. The number of methoxy groups -OCH3 is 1. The van der Waals surface area contributed by atoms with Gasteiger partial charge in [-0.1, -0.05) is 67.1 Å². The van der Waals surface area contributed by atoms with Gasteiger partial charge in [0, 0.05) is 30.5 Å². The van der Waals surface area contributed by atoms with Gasteiger partial charge in [-0.05, 0) is 61.2 Å². The van der Waals surface area contributed by atoms with Gasteiger partial charge in [-0.25, -0.2) is 0 Å². The van der Waals surface area contributed by atoms with Gasteiger partial charge in [0.25, 0.3) is 0 Å². The van der Waals surface area contributed by atoms with Crippen molar-refractivity contribution in [2.24, 2.45) is 0 Å². The van der Waals surface area contributed by atoms with E-state index in [2.05, 4.69) is 5.32 Å². The van der Waals surface area contributed by atoms with E-state index in [1.54, 1.807) is 18.1 Å². The molecule has 0 aliphatic rings. The summed E-state index contributed by atoms with van der Waals surface area (Å²) in [4.78, 5) is 28.9. The summed E-state index contributed by atoms with van der Waals surface area (Å²) in [5.41, 5.74) is 1.78. The zero-order chi connectivity index (χ0) is 27.3. The molecule has 0 heterocycles. The molecule has 202 valence electrons. The summed E-state index contributed by atoms with van der Waals surface area (Å²) < 4.78 is 11.0. The van der Waals surface area contributed by atoms with Crippen LogP contribution in [0.3, 0.4) is 0 Å². The Morgan fingerprint density at radius 3 is 2.26 bits per heavy atom. The summed E-state index contributed by atoms with van der Waals surface area (Å²) in [5.74, 6) is 1.17. The maximum Gasteiger partial charge on any atom is 0.243 e. The Morgan fingerprint density at radius 2 is 1.61 bits per heavy atom. The van der Waals surface area contributed by atoms with Gasteiger partial charge in [-0.2, -0.15) is 0 Å². The number of benzene rings is 3. The summed E-state index contributed by atoms with van der Waals surface area (Å²) in [6.07, 6.45) is 1.95. The fraction of sp³-hybridized carbons (Fsp3) is 0.355. The smallest absolute Gasteiger partial charge is 0.243 e. The Morgan fingerprint density at radius 1 is 0.947 bits per heavy atom. The fourth-order valence-electron chi connectivity index (χ4n) is 4.03. The highest BCUT2D eigenvalue weighted by Gasteiger charge is 2.31. The van der Waals surface area contributed by atoms with Crippen LogP contribution < -0.4 is 14.8 Å². The fourth-order valence-corrected chi connectivity index (χ4v) is 4.23. The first-order valence-electron chi connectivity index (χ1n) is 13.0.